The van der Waals surface area contributed by atoms with Gasteiger partial charge in [0.15, 0.2) is 0 Å². The summed E-state index contributed by atoms with van der Waals surface area (Å²) < 4.78 is 12.8. The summed E-state index contributed by atoms with van der Waals surface area (Å²) in [5, 5.41) is 6.16. The van der Waals surface area contributed by atoms with Crippen LogP contribution in [0.15, 0.2) is 48.5 Å². The molecule has 0 spiro atoms. The fourth-order valence-corrected chi connectivity index (χ4v) is 3.21. The second-order valence-corrected chi connectivity index (χ2v) is 7.05. The van der Waals surface area contributed by atoms with Crippen LogP contribution in [-0.4, -0.2) is 30.7 Å². The molecule has 0 bridgehead atoms. The summed E-state index contributed by atoms with van der Waals surface area (Å²) in [7, 11) is 0. The maximum atomic E-state index is 12.8. The van der Waals surface area contributed by atoms with Crippen LogP contribution in [0.4, 0.5) is 4.39 Å². The highest BCUT2D eigenvalue weighted by atomic mass is 35.5. The molecule has 0 heterocycles. The Morgan fingerprint density at radius 2 is 1.65 bits per heavy atom. The third-order valence-corrected chi connectivity index (χ3v) is 4.68. The average Bonchev–Trinajstić information content (AvgIpc) is 2.61. The van der Waals surface area contributed by atoms with Crippen molar-refractivity contribution in [2.75, 3.05) is 18.8 Å². The molecule has 2 amide bonds. The van der Waals surface area contributed by atoms with Crippen molar-refractivity contribution in [2.24, 2.45) is 0 Å². The first kappa shape index (κ1) is 20.3. The van der Waals surface area contributed by atoms with Crippen LogP contribution in [0.3, 0.4) is 0 Å². The molecule has 138 valence electrons. The number of carbonyl (C=O) groups excluding carboxylic acids is 2. The zero-order valence-electron chi connectivity index (χ0n) is 14.1. The molecule has 0 fully saturated rings. The van der Waals surface area contributed by atoms with Crippen LogP contribution in [-0.2, 0) is 21.8 Å². The van der Waals surface area contributed by atoms with Gasteiger partial charge in [-0.25, -0.2) is 4.39 Å². The monoisotopic (exact) mass is 394 g/mol. The Labute approximate surface area is 161 Å². The van der Waals surface area contributed by atoms with Crippen molar-refractivity contribution >= 4 is 35.2 Å². The minimum absolute atomic E-state index is 0.0789. The van der Waals surface area contributed by atoms with Gasteiger partial charge in [0.05, 0.1) is 12.2 Å². The van der Waals surface area contributed by atoms with Gasteiger partial charge in [0, 0.05) is 23.9 Å². The lowest BCUT2D eigenvalue weighted by atomic mass is 10.1. The third kappa shape index (κ3) is 7.89. The van der Waals surface area contributed by atoms with Gasteiger partial charge in [-0.05, 0) is 35.4 Å². The minimum atomic E-state index is -0.329. The number of amides is 2. The van der Waals surface area contributed by atoms with Crippen LogP contribution < -0.4 is 10.6 Å². The van der Waals surface area contributed by atoms with Crippen LogP contribution >= 0.6 is 23.4 Å². The summed E-state index contributed by atoms with van der Waals surface area (Å²) >= 11 is 7.42. The number of rotatable bonds is 9. The van der Waals surface area contributed by atoms with Crippen LogP contribution in [0.5, 0.6) is 0 Å². The molecular formula is C19H20ClFN2O2S. The highest BCUT2D eigenvalue weighted by Crippen LogP contribution is 2.16. The van der Waals surface area contributed by atoms with E-state index in [9.17, 15) is 14.0 Å². The molecule has 0 saturated carbocycles. The number of carbonyl (C=O) groups is 2. The molecule has 0 aliphatic rings. The van der Waals surface area contributed by atoms with E-state index in [1.165, 1.54) is 23.9 Å². The van der Waals surface area contributed by atoms with E-state index in [2.05, 4.69) is 10.6 Å². The Hall–Kier alpha value is -2.05. The predicted octanol–water partition coefficient (Wildman–Crippen LogP) is 3.19. The Morgan fingerprint density at radius 1 is 0.962 bits per heavy atom. The molecular weight excluding hydrogens is 375 g/mol. The summed E-state index contributed by atoms with van der Waals surface area (Å²) in [5.41, 5.74) is 1.81. The second kappa shape index (κ2) is 10.8. The van der Waals surface area contributed by atoms with Gasteiger partial charge in [0.25, 0.3) is 0 Å². The van der Waals surface area contributed by atoms with E-state index in [0.717, 1.165) is 11.1 Å². The first-order valence-corrected chi connectivity index (χ1v) is 9.66. The Morgan fingerprint density at radius 3 is 2.35 bits per heavy atom. The summed E-state index contributed by atoms with van der Waals surface area (Å²) in [4.78, 5) is 23.5. The van der Waals surface area contributed by atoms with E-state index in [1.807, 2.05) is 24.3 Å². The van der Waals surface area contributed by atoms with Crippen molar-refractivity contribution in [1.29, 1.82) is 0 Å². The van der Waals surface area contributed by atoms with Crippen molar-refractivity contribution < 1.29 is 14.0 Å². The Balaban J connectivity index is 1.55. The summed E-state index contributed by atoms with van der Waals surface area (Å²) in [6.45, 7) is 0.719. The van der Waals surface area contributed by atoms with Gasteiger partial charge in [-0.3, -0.25) is 9.59 Å². The predicted molar refractivity (Wildman–Crippen MR) is 104 cm³/mol. The Kier molecular flexibility index (Phi) is 8.44. The molecule has 2 rings (SSSR count). The van der Waals surface area contributed by atoms with Crippen molar-refractivity contribution in [3.63, 3.8) is 0 Å². The molecule has 0 saturated heterocycles. The minimum Gasteiger partial charge on any atom is -0.354 e. The quantitative estimate of drug-likeness (QED) is 0.642. The topological polar surface area (TPSA) is 58.2 Å². The van der Waals surface area contributed by atoms with Crippen LogP contribution in [0.25, 0.3) is 0 Å². The van der Waals surface area contributed by atoms with Crippen LogP contribution in [0.2, 0.25) is 5.02 Å². The lowest BCUT2D eigenvalue weighted by Gasteiger charge is -2.07. The highest BCUT2D eigenvalue weighted by molar-refractivity contribution is 7.99. The van der Waals surface area contributed by atoms with Gasteiger partial charge in [-0.2, -0.15) is 0 Å². The van der Waals surface area contributed by atoms with E-state index in [0.29, 0.717) is 29.6 Å². The van der Waals surface area contributed by atoms with Crippen molar-refractivity contribution in [3.8, 4) is 0 Å². The lowest BCUT2D eigenvalue weighted by molar-refractivity contribution is -0.121. The molecule has 0 radical (unpaired) electrons. The number of thioether (sulfide) groups is 1. The van der Waals surface area contributed by atoms with Gasteiger partial charge in [0.2, 0.25) is 11.8 Å². The smallest absolute Gasteiger partial charge is 0.230 e. The van der Waals surface area contributed by atoms with E-state index in [1.54, 1.807) is 12.1 Å². The average molecular weight is 395 g/mol. The second-order valence-electron chi connectivity index (χ2n) is 5.63. The number of hydrogen-bond donors (Lipinski definition) is 2. The normalized spacial score (nSPS) is 10.4. The zero-order valence-corrected chi connectivity index (χ0v) is 15.7. The van der Waals surface area contributed by atoms with Crippen molar-refractivity contribution in [3.05, 3.63) is 70.5 Å². The van der Waals surface area contributed by atoms with Crippen molar-refractivity contribution in [2.45, 2.75) is 12.2 Å². The molecule has 0 aromatic heterocycles. The Bertz CT molecular complexity index is 741. The molecule has 26 heavy (non-hydrogen) atoms. The molecule has 4 nitrogen and oxygen atoms in total. The van der Waals surface area contributed by atoms with Gasteiger partial charge in [-0.15, -0.1) is 11.8 Å². The molecule has 7 heteroatoms. The summed E-state index contributed by atoms with van der Waals surface area (Å²) in [6, 6.07) is 13.3. The number of nitrogens with one attached hydrogen (secondary N) is 2. The molecule has 2 aromatic carbocycles. The third-order valence-electron chi connectivity index (χ3n) is 3.44. The number of benzene rings is 2. The first-order valence-electron chi connectivity index (χ1n) is 8.13. The van der Waals surface area contributed by atoms with Crippen LogP contribution in [0, 0.1) is 5.82 Å². The van der Waals surface area contributed by atoms with E-state index in [-0.39, 0.29) is 24.1 Å². The van der Waals surface area contributed by atoms with Crippen LogP contribution in [0.1, 0.15) is 11.1 Å². The standard InChI is InChI=1S/C19H20ClFN2O2S/c20-16-3-1-2-15(10-16)12-26-13-19(25)23-9-8-22-18(24)11-14-4-6-17(21)7-5-14/h1-7,10H,8-9,11-13H2,(H,22,24)(H,23,25). The van der Waals surface area contributed by atoms with Gasteiger partial charge < -0.3 is 10.6 Å². The highest BCUT2D eigenvalue weighted by Gasteiger charge is 2.05. The van der Waals surface area contributed by atoms with Gasteiger partial charge >= 0.3 is 0 Å². The molecule has 0 unspecified atom stereocenters. The zero-order chi connectivity index (χ0) is 18.8. The number of hydrogen-bond acceptors (Lipinski definition) is 3. The maximum absolute atomic E-state index is 12.8. The SMILES string of the molecule is O=C(CSCc1cccc(Cl)c1)NCCNC(=O)Cc1ccc(F)cc1. The van der Waals surface area contributed by atoms with E-state index in [4.69, 9.17) is 11.6 Å². The largest absolute Gasteiger partial charge is 0.354 e. The van der Waals surface area contributed by atoms with Gasteiger partial charge in [-0.1, -0.05) is 35.9 Å². The molecule has 0 atom stereocenters. The molecule has 2 aromatic rings. The molecule has 2 N–H and O–H groups in total. The molecule has 0 aliphatic carbocycles. The fraction of sp³-hybridized carbons (Fsp3) is 0.263. The summed E-state index contributed by atoms with van der Waals surface area (Å²) in [5.74, 6) is 0.481. The van der Waals surface area contributed by atoms with E-state index < -0.39 is 0 Å². The number of halogens is 2. The maximum Gasteiger partial charge on any atom is 0.230 e. The summed E-state index contributed by atoms with van der Waals surface area (Å²) in [6.07, 6.45) is 0.184. The van der Waals surface area contributed by atoms with Gasteiger partial charge in [0.1, 0.15) is 5.82 Å². The first-order chi connectivity index (χ1) is 12.5. The lowest BCUT2D eigenvalue weighted by Crippen LogP contribution is -2.36. The van der Waals surface area contributed by atoms with Crippen molar-refractivity contribution in [1.82, 2.24) is 10.6 Å². The fourth-order valence-electron chi connectivity index (χ4n) is 2.19. The molecule has 0 aliphatic heterocycles. The van der Waals surface area contributed by atoms with E-state index >= 15 is 0 Å².